The van der Waals surface area contributed by atoms with Gasteiger partial charge in [-0.05, 0) is 80.6 Å². The van der Waals surface area contributed by atoms with Crippen molar-refractivity contribution >= 4 is 11.8 Å². The SMILES string of the molecule is CNC(=O)c1ccc(C[C@@H](CNC(=O)C[C@H](CC(C)C)c2cccnc2)N(C)C)c(C)c1. The van der Waals surface area contributed by atoms with Crippen LogP contribution in [0.4, 0.5) is 0 Å². The Morgan fingerprint density at radius 1 is 1.16 bits per heavy atom. The van der Waals surface area contributed by atoms with Crippen molar-refractivity contribution in [2.24, 2.45) is 5.92 Å². The summed E-state index contributed by atoms with van der Waals surface area (Å²) in [5.41, 5.74) is 4.04. The van der Waals surface area contributed by atoms with Crippen LogP contribution in [-0.2, 0) is 11.2 Å². The number of benzene rings is 1. The van der Waals surface area contributed by atoms with Crippen molar-refractivity contribution in [1.29, 1.82) is 0 Å². The fourth-order valence-electron chi connectivity index (χ4n) is 3.95. The lowest BCUT2D eigenvalue weighted by atomic mass is 9.88. The smallest absolute Gasteiger partial charge is 0.251 e. The average molecular weight is 439 g/mol. The van der Waals surface area contributed by atoms with Crippen LogP contribution >= 0.6 is 0 Å². The number of nitrogens with zero attached hydrogens (tertiary/aromatic N) is 2. The van der Waals surface area contributed by atoms with Crippen molar-refractivity contribution in [3.8, 4) is 0 Å². The molecule has 6 nitrogen and oxygen atoms in total. The van der Waals surface area contributed by atoms with Gasteiger partial charge in [-0.3, -0.25) is 14.6 Å². The molecule has 0 aliphatic carbocycles. The number of aryl methyl sites for hydroxylation is 1. The second-order valence-electron chi connectivity index (χ2n) is 9.16. The first-order chi connectivity index (χ1) is 15.2. The Morgan fingerprint density at radius 2 is 1.91 bits per heavy atom. The van der Waals surface area contributed by atoms with Crippen LogP contribution in [0.3, 0.4) is 0 Å². The summed E-state index contributed by atoms with van der Waals surface area (Å²) < 4.78 is 0. The number of carbonyl (C=O) groups is 2. The predicted octanol–water partition coefficient (Wildman–Crippen LogP) is 3.56. The Labute approximate surface area is 192 Å². The van der Waals surface area contributed by atoms with Crippen LogP contribution in [-0.4, -0.2) is 55.4 Å². The number of hydrogen-bond acceptors (Lipinski definition) is 4. The first-order valence-electron chi connectivity index (χ1n) is 11.4. The minimum atomic E-state index is -0.0827. The molecule has 0 saturated heterocycles. The minimum Gasteiger partial charge on any atom is -0.355 e. The molecule has 174 valence electrons. The fourth-order valence-corrected chi connectivity index (χ4v) is 3.95. The highest BCUT2D eigenvalue weighted by Gasteiger charge is 2.20. The molecule has 0 aliphatic rings. The quantitative estimate of drug-likeness (QED) is 0.563. The molecule has 2 amide bonds. The predicted molar refractivity (Wildman–Crippen MR) is 130 cm³/mol. The van der Waals surface area contributed by atoms with Gasteiger partial charge in [0.15, 0.2) is 0 Å². The van der Waals surface area contributed by atoms with Gasteiger partial charge in [-0.15, -0.1) is 0 Å². The van der Waals surface area contributed by atoms with Gasteiger partial charge in [-0.2, -0.15) is 0 Å². The topological polar surface area (TPSA) is 74.3 Å². The van der Waals surface area contributed by atoms with E-state index in [9.17, 15) is 9.59 Å². The summed E-state index contributed by atoms with van der Waals surface area (Å²) in [6, 6.07) is 9.94. The van der Waals surface area contributed by atoms with Gasteiger partial charge in [0.2, 0.25) is 5.91 Å². The van der Waals surface area contributed by atoms with E-state index < -0.39 is 0 Å². The average Bonchev–Trinajstić information content (AvgIpc) is 2.76. The summed E-state index contributed by atoms with van der Waals surface area (Å²) in [5, 5.41) is 5.81. The first-order valence-corrected chi connectivity index (χ1v) is 11.4. The van der Waals surface area contributed by atoms with Crippen LogP contribution in [0.15, 0.2) is 42.7 Å². The largest absolute Gasteiger partial charge is 0.355 e. The maximum absolute atomic E-state index is 12.8. The molecule has 2 atom stereocenters. The lowest BCUT2D eigenvalue weighted by Gasteiger charge is -2.26. The molecular weight excluding hydrogens is 400 g/mol. The van der Waals surface area contributed by atoms with Gasteiger partial charge in [-0.25, -0.2) is 0 Å². The number of pyridine rings is 1. The number of amides is 2. The number of aromatic nitrogens is 1. The van der Waals surface area contributed by atoms with E-state index in [0.717, 1.165) is 24.0 Å². The number of rotatable bonds is 11. The minimum absolute atomic E-state index is 0.0676. The van der Waals surface area contributed by atoms with Crippen LogP contribution in [0.2, 0.25) is 0 Å². The van der Waals surface area contributed by atoms with Crippen molar-refractivity contribution in [1.82, 2.24) is 20.5 Å². The molecule has 1 aromatic carbocycles. The Kier molecular flexibility index (Phi) is 9.85. The number of nitrogens with one attached hydrogen (secondary N) is 2. The van der Waals surface area contributed by atoms with Crippen LogP contribution in [0, 0.1) is 12.8 Å². The zero-order chi connectivity index (χ0) is 23.7. The summed E-state index contributed by atoms with van der Waals surface area (Å²) in [6.45, 7) is 6.96. The van der Waals surface area contributed by atoms with E-state index in [2.05, 4.69) is 40.4 Å². The van der Waals surface area contributed by atoms with Crippen LogP contribution in [0.1, 0.15) is 59.7 Å². The van der Waals surface area contributed by atoms with Crippen molar-refractivity contribution in [3.05, 3.63) is 65.0 Å². The van der Waals surface area contributed by atoms with Crippen LogP contribution in [0.25, 0.3) is 0 Å². The molecule has 0 radical (unpaired) electrons. The molecule has 0 fully saturated rings. The van der Waals surface area contributed by atoms with Gasteiger partial charge in [0.05, 0.1) is 0 Å². The normalized spacial score (nSPS) is 13.1. The molecule has 1 aromatic heterocycles. The van der Waals surface area contributed by atoms with E-state index in [0.29, 0.717) is 24.4 Å². The first kappa shape index (κ1) is 25.5. The summed E-state index contributed by atoms with van der Waals surface area (Å²) in [6.07, 6.45) is 5.84. The molecule has 0 aliphatic heterocycles. The van der Waals surface area contributed by atoms with Gasteiger partial charge in [0, 0.05) is 44.0 Å². The number of likely N-dealkylation sites (N-methyl/N-ethyl adjacent to an activating group) is 1. The van der Waals surface area contributed by atoms with Crippen molar-refractivity contribution < 1.29 is 9.59 Å². The van der Waals surface area contributed by atoms with Gasteiger partial charge in [-0.1, -0.05) is 26.0 Å². The summed E-state index contributed by atoms with van der Waals surface area (Å²) in [4.78, 5) is 31.1. The number of carbonyl (C=O) groups excluding carboxylic acids is 2. The van der Waals surface area contributed by atoms with E-state index in [-0.39, 0.29) is 23.8 Å². The molecular formula is C26H38N4O2. The Morgan fingerprint density at radius 3 is 2.47 bits per heavy atom. The lowest BCUT2D eigenvalue weighted by Crippen LogP contribution is -2.42. The second-order valence-corrected chi connectivity index (χ2v) is 9.16. The maximum Gasteiger partial charge on any atom is 0.251 e. The molecule has 0 saturated carbocycles. The molecule has 32 heavy (non-hydrogen) atoms. The van der Waals surface area contributed by atoms with Crippen LogP contribution < -0.4 is 10.6 Å². The third kappa shape index (κ3) is 7.75. The molecule has 0 unspecified atom stereocenters. The van der Waals surface area contributed by atoms with E-state index in [4.69, 9.17) is 0 Å². The summed E-state index contributed by atoms with van der Waals surface area (Å²) >= 11 is 0. The van der Waals surface area contributed by atoms with E-state index in [1.165, 1.54) is 5.56 Å². The highest BCUT2D eigenvalue weighted by molar-refractivity contribution is 5.94. The third-order valence-electron chi connectivity index (χ3n) is 5.90. The van der Waals surface area contributed by atoms with Gasteiger partial charge < -0.3 is 15.5 Å². The molecule has 2 N–H and O–H groups in total. The standard InChI is InChI=1S/C26H38N4O2/c1-18(2)12-23(22-8-7-11-28-16-22)15-25(31)29-17-24(30(5)6)14-20-9-10-21(13-19(20)3)26(32)27-4/h7-11,13,16,18,23-24H,12,14-15,17H2,1-6H3,(H,27,32)(H,29,31)/t23-,24-/m0/s1. The Bertz CT molecular complexity index is 881. The summed E-state index contributed by atoms with van der Waals surface area (Å²) in [5.74, 6) is 0.656. The fraction of sp³-hybridized carbons (Fsp3) is 0.500. The third-order valence-corrected chi connectivity index (χ3v) is 5.90. The monoisotopic (exact) mass is 438 g/mol. The van der Waals surface area contributed by atoms with E-state index in [1.807, 2.05) is 51.5 Å². The Hall–Kier alpha value is -2.73. The zero-order valence-electron chi connectivity index (χ0n) is 20.3. The molecule has 2 aromatic rings. The summed E-state index contributed by atoms with van der Waals surface area (Å²) in [7, 11) is 5.70. The van der Waals surface area contributed by atoms with Crippen molar-refractivity contribution in [2.75, 3.05) is 27.7 Å². The van der Waals surface area contributed by atoms with E-state index in [1.54, 1.807) is 13.2 Å². The van der Waals surface area contributed by atoms with Gasteiger partial charge in [0.25, 0.3) is 5.91 Å². The maximum atomic E-state index is 12.8. The number of hydrogen-bond donors (Lipinski definition) is 2. The lowest BCUT2D eigenvalue weighted by molar-refractivity contribution is -0.121. The molecule has 2 rings (SSSR count). The highest BCUT2D eigenvalue weighted by Crippen LogP contribution is 2.26. The van der Waals surface area contributed by atoms with Crippen LogP contribution in [0.5, 0.6) is 0 Å². The van der Waals surface area contributed by atoms with Gasteiger partial charge in [0.1, 0.15) is 0 Å². The zero-order valence-corrected chi connectivity index (χ0v) is 20.3. The Balaban J connectivity index is 2.01. The second kappa shape index (κ2) is 12.3. The molecule has 0 spiro atoms. The molecule has 1 heterocycles. The van der Waals surface area contributed by atoms with Crippen molar-refractivity contribution in [3.63, 3.8) is 0 Å². The highest BCUT2D eigenvalue weighted by atomic mass is 16.2. The molecule has 6 heteroatoms. The van der Waals surface area contributed by atoms with E-state index >= 15 is 0 Å². The van der Waals surface area contributed by atoms with Gasteiger partial charge >= 0.3 is 0 Å². The molecule has 0 bridgehead atoms. The van der Waals surface area contributed by atoms with Crippen molar-refractivity contribution in [2.45, 2.75) is 52.0 Å².